The predicted molar refractivity (Wildman–Crippen MR) is 98.6 cm³/mol. The van der Waals surface area contributed by atoms with E-state index < -0.39 is 0 Å². The topological polar surface area (TPSA) is 73.1 Å². The van der Waals surface area contributed by atoms with E-state index in [1.54, 1.807) is 36.4 Å². The van der Waals surface area contributed by atoms with Crippen LogP contribution < -0.4 is 5.32 Å². The molecule has 0 bridgehead atoms. The van der Waals surface area contributed by atoms with Crippen LogP contribution in [0.25, 0.3) is 6.08 Å². The molecule has 25 heavy (non-hydrogen) atoms. The highest BCUT2D eigenvalue weighted by atomic mass is 16.3. The number of benzene rings is 2. The number of nitrogens with one attached hydrogen (secondary N) is 1. The van der Waals surface area contributed by atoms with Crippen molar-refractivity contribution in [3.8, 4) is 11.8 Å². The fourth-order valence-electron chi connectivity index (χ4n) is 2.24. The molecule has 4 heteroatoms. The van der Waals surface area contributed by atoms with E-state index in [4.69, 9.17) is 5.26 Å². The summed E-state index contributed by atoms with van der Waals surface area (Å²) < 4.78 is 0. The molecule has 0 heterocycles. The zero-order valence-electron chi connectivity index (χ0n) is 13.9. The van der Waals surface area contributed by atoms with Crippen LogP contribution in [0.15, 0.2) is 72.3 Å². The Morgan fingerprint density at radius 3 is 2.52 bits per heavy atom. The number of hydrogen-bond acceptors (Lipinski definition) is 3. The zero-order chi connectivity index (χ0) is 17.9. The van der Waals surface area contributed by atoms with E-state index >= 15 is 0 Å². The highest BCUT2D eigenvalue weighted by Crippen LogP contribution is 2.11. The van der Waals surface area contributed by atoms with E-state index in [0.717, 1.165) is 18.4 Å². The zero-order valence-corrected chi connectivity index (χ0v) is 13.9. The van der Waals surface area contributed by atoms with Crippen LogP contribution in [0, 0.1) is 11.3 Å². The lowest BCUT2D eigenvalue weighted by Gasteiger charge is -2.04. The number of phenolic OH excluding ortho intramolecular Hbond substituents is 1. The van der Waals surface area contributed by atoms with E-state index in [9.17, 15) is 9.90 Å². The van der Waals surface area contributed by atoms with Crippen molar-refractivity contribution in [1.29, 1.82) is 5.26 Å². The molecular weight excluding hydrogens is 312 g/mol. The van der Waals surface area contributed by atoms with Gasteiger partial charge in [-0.3, -0.25) is 4.79 Å². The Bertz CT molecular complexity index is 785. The Hall–Kier alpha value is -3.32. The molecule has 0 fully saturated rings. The number of allylic oxidation sites excluding steroid dienone is 2. The largest absolute Gasteiger partial charge is 0.508 e. The second-order valence-corrected chi connectivity index (χ2v) is 5.49. The van der Waals surface area contributed by atoms with Crippen molar-refractivity contribution in [2.75, 3.05) is 6.54 Å². The van der Waals surface area contributed by atoms with Gasteiger partial charge in [0, 0.05) is 6.54 Å². The normalized spacial score (nSPS) is 11.2. The Morgan fingerprint density at radius 1 is 1.12 bits per heavy atom. The van der Waals surface area contributed by atoms with E-state index in [2.05, 4.69) is 17.4 Å². The van der Waals surface area contributed by atoms with Gasteiger partial charge in [0.1, 0.15) is 17.4 Å². The van der Waals surface area contributed by atoms with Crippen molar-refractivity contribution in [2.45, 2.75) is 12.8 Å². The summed E-state index contributed by atoms with van der Waals surface area (Å²) in [5.74, 6) is -0.175. The number of carbonyl (C=O) groups excluding carboxylic acids is 1. The monoisotopic (exact) mass is 332 g/mol. The quantitative estimate of drug-likeness (QED) is 0.352. The van der Waals surface area contributed by atoms with Gasteiger partial charge in [-0.25, -0.2) is 0 Å². The van der Waals surface area contributed by atoms with Crippen LogP contribution in [0.5, 0.6) is 5.75 Å². The van der Waals surface area contributed by atoms with Gasteiger partial charge in [-0.05, 0) is 42.2 Å². The van der Waals surface area contributed by atoms with E-state index in [0.29, 0.717) is 6.54 Å². The van der Waals surface area contributed by atoms with Gasteiger partial charge >= 0.3 is 0 Å². The maximum absolute atomic E-state index is 12.0. The number of nitriles is 1. The Morgan fingerprint density at radius 2 is 1.84 bits per heavy atom. The van der Waals surface area contributed by atoms with Gasteiger partial charge in [0.2, 0.25) is 0 Å². The highest BCUT2D eigenvalue weighted by molar-refractivity contribution is 5.97. The van der Waals surface area contributed by atoms with Crippen LogP contribution in [0.1, 0.15) is 17.5 Å². The summed E-state index contributed by atoms with van der Waals surface area (Å²) in [6, 6.07) is 18.6. The molecule has 0 atom stereocenters. The molecular formula is C21H20N2O2. The smallest absolute Gasteiger partial charge is 0.261 e. The van der Waals surface area contributed by atoms with Crippen LogP contribution >= 0.6 is 0 Å². The van der Waals surface area contributed by atoms with Crippen LogP contribution in [-0.4, -0.2) is 17.6 Å². The van der Waals surface area contributed by atoms with Gasteiger partial charge in [-0.2, -0.15) is 5.26 Å². The molecule has 0 aliphatic rings. The maximum Gasteiger partial charge on any atom is 0.261 e. The molecule has 2 aromatic rings. The number of phenols is 1. The number of aryl methyl sites for hydroxylation is 1. The fourth-order valence-corrected chi connectivity index (χ4v) is 2.24. The lowest BCUT2D eigenvalue weighted by molar-refractivity contribution is -0.117. The van der Waals surface area contributed by atoms with E-state index in [-0.39, 0.29) is 17.2 Å². The summed E-state index contributed by atoms with van der Waals surface area (Å²) in [5, 5.41) is 21.1. The molecule has 0 unspecified atom stereocenters. The Labute approximate surface area is 147 Å². The van der Waals surface area contributed by atoms with Crippen LogP contribution in [0.2, 0.25) is 0 Å². The second-order valence-electron chi connectivity index (χ2n) is 5.49. The molecule has 0 saturated heterocycles. The first-order valence-corrected chi connectivity index (χ1v) is 8.08. The lowest BCUT2D eigenvalue weighted by Crippen LogP contribution is -2.25. The van der Waals surface area contributed by atoms with Gasteiger partial charge in [-0.15, -0.1) is 0 Å². The average molecular weight is 332 g/mol. The summed E-state index contributed by atoms with van der Waals surface area (Å²) in [4.78, 5) is 12.0. The second kappa shape index (κ2) is 9.74. The molecule has 126 valence electrons. The number of hydrogen-bond donors (Lipinski definition) is 2. The third-order valence-electron chi connectivity index (χ3n) is 3.58. The Kier molecular flexibility index (Phi) is 7.02. The van der Waals surface area contributed by atoms with Crippen molar-refractivity contribution < 1.29 is 9.90 Å². The summed E-state index contributed by atoms with van der Waals surface area (Å²) in [5.41, 5.74) is 2.16. The maximum atomic E-state index is 12.0. The molecule has 1 amide bonds. The van der Waals surface area contributed by atoms with Gasteiger partial charge in [0.15, 0.2) is 0 Å². The van der Waals surface area contributed by atoms with Crippen LogP contribution in [0.4, 0.5) is 0 Å². The SMILES string of the molecule is N#C/C(=C\C=C\c1ccc(O)cc1)C(=O)NCCCc1ccccc1. The molecule has 0 spiro atoms. The van der Waals surface area contributed by atoms with Gasteiger partial charge in [0.05, 0.1) is 0 Å². The number of aromatic hydroxyl groups is 1. The molecule has 4 nitrogen and oxygen atoms in total. The molecule has 2 N–H and O–H groups in total. The van der Waals surface area contributed by atoms with Crippen LogP contribution in [-0.2, 0) is 11.2 Å². The molecule has 2 aromatic carbocycles. The number of carbonyl (C=O) groups is 1. The number of amides is 1. The third kappa shape index (κ3) is 6.36. The lowest BCUT2D eigenvalue weighted by atomic mass is 10.1. The van der Waals surface area contributed by atoms with Crippen LogP contribution in [0.3, 0.4) is 0 Å². The molecule has 0 aliphatic carbocycles. The van der Waals surface area contributed by atoms with Crippen molar-refractivity contribution in [1.82, 2.24) is 5.32 Å². The van der Waals surface area contributed by atoms with Crippen molar-refractivity contribution in [3.05, 3.63) is 83.4 Å². The van der Waals surface area contributed by atoms with Crippen molar-refractivity contribution >= 4 is 12.0 Å². The minimum atomic E-state index is -0.370. The first-order chi connectivity index (χ1) is 12.2. The molecule has 0 saturated carbocycles. The average Bonchev–Trinajstić information content (AvgIpc) is 2.64. The molecule has 2 rings (SSSR count). The summed E-state index contributed by atoms with van der Waals surface area (Å²) in [6.45, 7) is 0.522. The summed E-state index contributed by atoms with van der Waals surface area (Å²) in [7, 11) is 0. The molecule has 0 aromatic heterocycles. The number of rotatable bonds is 7. The predicted octanol–water partition coefficient (Wildman–Crippen LogP) is 3.60. The third-order valence-corrected chi connectivity index (χ3v) is 3.58. The number of nitrogens with zero attached hydrogens (tertiary/aromatic N) is 1. The Balaban J connectivity index is 1.81. The minimum absolute atomic E-state index is 0.0646. The van der Waals surface area contributed by atoms with Crippen molar-refractivity contribution in [2.24, 2.45) is 0 Å². The summed E-state index contributed by atoms with van der Waals surface area (Å²) >= 11 is 0. The molecule has 0 radical (unpaired) electrons. The standard InChI is InChI=1S/C21H20N2O2/c22-16-19(10-4-8-18-11-13-20(24)14-12-18)21(25)23-15-5-9-17-6-2-1-3-7-17/h1-4,6-8,10-14,24H,5,9,15H2,(H,23,25)/b8-4+,19-10+. The highest BCUT2D eigenvalue weighted by Gasteiger charge is 2.06. The van der Waals surface area contributed by atoms with E-state index in [1.165, 1.54) is 11.6 Å². The first-order valence-electron chi connectivity index (χ1n) is 8.08. The molecule has 0 aliphatic heterocycles. The van der Waals surface area contributed by atoms with Gasteiger partial charge in [0.25, 0.3) is 5.91 Å². The van der Waals surface area contributed by atoms with Crippen molar-refractivity contribution in [3.63, 3.8) is 0 Å². The van der Waals surface area contributed by atoms with E-state index in [1.807, 2.05) is 24.3 Å². The fraction of sp³-hybridized carbons (Fsp3) is 0.143. The first kappa shape index (κ1) is 18.0. The minimum Gasteiger partial charge on any atom is -0.508 e. The summed E-state index contributed by atoms with van der Waals surface area (Å²) in [6.07, 6.45) is 6.60. The van der Waals surface area contributed by atoms with Gasteiger partial charge in [-0.1, -0.05) is 54.6 Å². The van der Waals surface area contributed by atoms with Gasteiger partial charge < -0.3 is 10.4 Å².